The number of Topliss-reactive ketones (excluding diaryl/α,β-unsaturated/α-hetero) is 1. The molecule has 1 fully saturated rings. The summed E-state index contributed by atoms with van der Waals surface area (Å²) < 4.78 is 10.4. The molecule has 1 saturated heterocycles. The van der Waals surface area contributed by atoms with Gasteiger partial charge in [-0.25, -0.2) is 4.79 Å². The molecule has 1 aromatic rings. The second kappa shape index (κ2) is 4.32. The summed E-state index contributed by atoms with van der Waals surface area (Å²) in [4.78, 5) is 21.9. The van der Waals surface area contributed by atoms with E-state index < -0.39 is 11.8 Å². The summed E-state index contributed by atoms with van der Waals surface area (Å²) in [5.41, 5.74) is 0.0712. The van der Waals surface area contributed by atoms with E-state index >= 15 is 0 Å². The van der Waals surface area contributed by atoms with Crippen LogP contribution in [0.25, 0.3) is 0 Å². The Hall–Kier alpha value is -1.88. The lowest BCUT2D eigenvalue weighted by Gasteiger charge is -2.27. The van der Waals surface area contributed by atoms with Gasteiger partial charge in [-0.05, 0) is 12.1 Å². The molecular weight excluding hydrogens is 212 g/mol. The van der Waals surface area contributed by atoms with Gasteiger partial charge in [-0.3, -0.25) is 4.79 Å². The van der Waals surface area contributed by atoms with E-state index in [1.165, 1.54) is 6.07 Å². The molecule has 1 heterocycles. The van der Waals surface area contributed by atoms with E-state index in [2.05, 4.69) is 0 Å². The average Bonchev–Trinajstić information content (AvgIpc) is 2.23. The molecule has 0 bridgehead atoms. The highest BCUT2D eigenvalue weighted by molar-refractivity contribution is 6.40. The SMILES string of the molecule is O=C(O)C(=O)c1ccccc1OC1COC1. The maximum absolute atomic E-state index is 11.3. The summed E-state index contributed by atoms with van der Waals surface area (Å²) in [5.74, 6) is -2.15. The monoisotopic (exact) mass is 222 g/mol. The summed E-state index contributed by atoms with van der Waals surface area (Å²) in [5, 5.41) is 8.64. The molecule has 1 N–H and O–H groups in total. The minimum Gasteiger partial charge on any atom is -0.485 e. The minimum absolute atomic E-state index is 0.0712. The fraction of sp³-hybridized carbons (Fsp3) is 0.273. The predicted octanol–water partition coefficient (Wildman–Crippen LogP) is 0.732. The molecular formula is C11H10O5. The number of aliphatic carboxylic acids is 1. The van der Waals surface area contributed by atoms with Crippen LogP contribution < -0.4 is 4.74 Å². The third kappa shape index (κ3) is 2.04. The summed E-state index contributed by atoms with van der Waals surface area (Å²) in [7, 11) is 0. The topological polar surface area (TPSA) is 72.8 Å². The van der Waals surface area contributed by atoms with E-state index in [0.717, 1.165) is 0 Å². The van der Waals surface area contributed by atoms with Crippen molar-refractivity contribution in [3.63, 3.8) is 0 Å². The summed E-state index contributed by atoms with van der Waals surface area (Å²) in [6.07, 6.45) is -0.0947. The number of benzene rings is 1. The third-order valence-corrected chi connectivity index (χ3v) is 2.23. The molecule has 1 aromatic carbocycles. The fourth-order valence-electron chi connectivity index (χ4n) is 1.33. The lowest BCUT2D eigenvalue weighted by molar-refractivity contribution is -0.131. The van der Waals surface area contributed by atoms with Crippen molar-refractivity contribution in [2.75, 3.05) is 13.2 Å². The van der Waals surface area contributed by atoms with Crippen molar-refractivity contribution in [3.8, 4) is 5.75 Å². The van der Waals surface area contributed by atoms with Gasteiger partial charge in [-0.15, -0.1) is 0 Å². The molecule has 16 heavy (non-hydrogen) atoms. The zero-order valence-corrected chi connectivity index (χ0v) is 8.38. The number of carbonyl (C=O) groups excluding carboxylic acids is 1. The number of carboxylic acid groups (broad SMARTS) is 1. The van der Waals surface area contributed by atoms with Crippen molar-refractivity contribution in [2.45, 2.75) is 6.10 Å². The summed E-state index contributed by atoms with van der Waals surface area (Å²) >= 11 is 0. The molecule has 84 valence electrons. The van der Waals surface area contributed by atoms with Gasteiger partial charge in [0.2, 0.25) is 0 Å². The Bertz CT molecular complexity index is 422. The number of ether oxygens (including phenoxy) is 2. The van der Waals surface area contributed by atoms with Crippen LogP contribution in [0.15, 0.2) is 24.3 Å². The van der Waals surface area contributed by atoms with Gasteiger partial charge in [0.1, 0.15) is 11.9 Å². The van der Waals surface area contributed by atoms with Crippen molar-refractivity contribution in [1.82, 2.24) is 0 Å². The molecule has 1 aliphatic rings. The van der Waals surface area contributed by atoms with Crippen LogP contribution in [-0.2, 0) is 9.53 Å². The molecule has 5 nitrogen and oxygen atoms in total. The van der Waals surface area contributed by atoms with Gasteiger partial charge in [-0.1, -0.05) is 12.1 Å². The smallest absolute Gasteiger partial charge is 0.377 e. The van der Waals surface area contributed by atoms with Crippen LogP contribution in [0.1, 0.15) is 10.4 Å². The Morgan fingerprint density at radius 1 is 1.31 bits per heavy atom. The highest BCUT2D eigenvalue weighted by atomic mass is 16.6. The van der Waals surface area contributed by atoms with E-state index in [1.54, 1.807) is 18.2 Å². The van der Waals surface area contributed by atoms with Gasteiger partial charge in [0.05, 0.1) is 18.8 Å². The third-order valence-electron chi connectivity index (χ3n) is 2.23. The Labute approximate surface area is 91.6 Å². The first-order valence-corrected chi connectivity index (χ1v) is 4.79. The van der Waals surface area contributed by atoms with Crippen LogP contribution in [0, 0.1) is 0 Å². The molecule has 0 aromatic heterocycles. The number of hydrogen-bond donors (Lipinski definition) is 1. The number of ketones is 1. The van der Waals surface area contributed by atoms with E-state index in [9.17, 15) is 9.59 Å². The van der Waals surface area contributed by atoms with Gasteiger partial charge in [0, 0.05) is 0 Å². The Morgan fingerprint density at radius 3 is 2.56 bits per heavy atom. The van der Waals surface area contributed by atoms with E-state index in [4.69, 9.17) is 14.6 Å². The summed E-state index contributed by atoms with van der Waals surface area (Å²) in [6, 6.07) is 6.30. The average molecular weight is 222 g/mol. The van der Waals surface area contributed by atoms with Crippen LogP contribution in [0.2, 0.25) is 0 Å². The fourth-order valence-corrected chi connectivity index (χ4v) is 1.33. The molecule has 0 saturated carbocycles. The predicted molar refractivity (Wildman–Crippen MR) is 53.6 cm³/mol. The van der Waals surface area contributed by atoms with E-state index in [0.29, 0.717) is 19.0 Å². The number of hydrogen-bond acceptors (Lipinski definition) is 4. The van der Waals surface area contributed by atoms with Crippen LogP contribution in [0.3, 0.4) is 0 Å². The lowest BCUT2D eigenvalue weighted by atomic mass is 10.1. The van der Waals surface area contributed by atoms with Gasteiger partial charge >= 0.3 is 5.97 Å². The van der Waals surface area contributed by atoms with Gasteiger partial charge in [0.15, 0.2) is 0 Å². The Balaban J connectivity index is 2.22. The van der Waals surface area contributed by atoms with Crippen LogP contribution in [-0.4, -0.2) is 36.2 Å². The number of carbonyl (C=O) groups is 2. The van der Waals surface area contributed by atoms with E-state index in [-0.39, 0.29) is 11.7 Å². The van der Waals surface area contributed by atoms with Crippen molar-refractivity contribution in [1.29, 1.82) is 0 Å². The quantitative estimate of drug-likeness (QED) is 0.600. The molecule has 2 rings (SSSR count). The molecule has 5 heteroatoms. The molecule has 0 aliphatic carbocycles. The lowest BCUT2D eigenvalue weighted by Crippen LogP contribution is -2.39. The maximum Gasteiger partial charge on any atom is 0.377 e. The normalized spacial score (nSPS) is 15.2. The molecule has 0 atom stereocenters. The van der Waals surface area contributed by atoms with Gasteiger partial charge in [0.25, 0.3) is 5.78 Å². The Morgan fingerprint density at radius 2 is 2.00 bits per heavy atom. The van der Waals surface area contributed by atoms with Crippen LogP contribution >= 0.6 is 0 Å². The zero-order valence-electron chi connectivity index (χ0n) is 8.38. The van der Waals surface area contributed by atoms with Gasteiger partial charge < -0.3 is 14.6 Å². The zero-order chi connectivity index (χ0) is 11.5. The highest BCUT2D eigenvalue weighted by Gasteiger charge is 2.24. The Kier molecular flexibility index (Phi) is 2.87. The molecule has 0 amide bonds. The van der Waals surface area contributed by atoms with E-state index in [1.807, 2.05) is 0 Å². The number of rotatable bonds is 4. The van der Waals surface area contributed by atoms with Crippen LogP contribution in [0.4, 0.5) is 0 Å². The number of carboxylic acids is 1. The van der Waals surface area contributed by atoms with Gasteiger partial charge in [-0.2, -0.15) is 0 Å². The highest BCUT2D eigenvalue weighted by Crippen LogP contribution is 2.21. The number of para-hydroxylation sites is 1. The first-order chi connectivity index (χ1) is 7.68. The first kappa shape index (κ1) is 10.6. The minimum atomic E-state index is -1.49. The first-order valence-electron chi connectivity index (χ1n) is 4.79. The standard InChI is InChI=1S/C11H10O5/c12-10(11(13)14)8-3-1-2-4-9(8)16-7-5-15-6-7/h1-4,7H,5-6H2,(H,13,14). The molecule has 0 radical (unpaired) electrons. The second-order valence-corrected chi connectivity index (χ2v) is 3.41. The van der Waals surface area contributed by atoms with Crippen molar-refractivity contribution < 1.29 is 24.2 Å². The van der Waals surface area contributed by atoms with Crippen molar-refractivity contribution in [3.05, 3.63) is 29.8 Å². The largest absolute Gasteiger partial charge is 0.485 e. The molecule has 1 aliphatic heterocycles. The van der Waals surface area contributed by atoms with Crippen molar-refractivity contribution in [2.24, 2.45) is 0 Å². The summed E-state index contributed by atoms with van der Waals surface area (Å²) in [6.45, 7) is 0.936. The maximum atomic E-state index is 11.3. The van der Waals surface area contributed by atoms with Crippen molar-refractivity contribution >= 4 is 11.8 Å². The molecule has 0 unspecified atom stereocenters. The van der Waals surface area contributed by atoms with Crippen LogP contribution in [0.5, 0.6) is 5.75 Å². The second-order valence-electron chi connectivity index (χ2n) is 3.41. The molecule has 0 spiro atoms.